The fraction of sp³-hybridized carbons (Fsp3) is 0.192. The van der Waals surface area contributed by atoms with Crippen molar-refractivity contribution in [3.8, 4) is 17.2 Å². The van der Waals surface area contributed by atoms with E-state index in [-0.39, 0.29) is 22.8 Å². The van der Waals surface area contributed by atoms with E-state index >= 15 is 0 Å². The highest BCUT2D eigenvalue weighted by Gasteiger charge is 2.27. The molecule has 1 aliphatic rings. The zero-order valence-electron chi connectivity index (χ0n) is 18.1. The number of hydrogen-bond acceptors (Lipinski definition) is 5. The number of fused-ring (bicyclic) bond motifs is 1. The normalized spacial score (nSPS) is 14.1. The minimum atomic E-state index is -0.384. The van der Waals surface area contributed by atoms with Crippen LogP contribution in [-0.4, -0.2) is 26.8 Å². The number of aromatic nitrogens is 2. The highest BCUT2D eigenvalue weighted by Crippen LogP contribution is 2.28. The second-order valence-electron chi connectivity index (χ2n) is 8.00. The number of nitrogens with one attached hydrogen (secondary N) is 1. The second-order valence-corrected chi connectivity index (χ2v) is 9.31. The Morgan fingerprint density at radius 3 is 2.39 bits per heavy atom. The van der Waals surface area contributed by atoms with Gasteiger partial charge < -0.3 is 10.1 Å². The summed E-state index contributed by atoms with van der Waals surface area (Å²) in [5.74, 6) is 1.36. The van der Waals surface area contributed by atoms with E-state index in [1.54, 1.807) is 10.6 Å². The Balaban J connectivity index is 1.50. The Kier molecular flexibility index (Phi) is 5.88. The number of thioether (sulfide) groups is 1. The summed E-state index contributed by atoms with van der Waals surface area (Å²) in [6.07, 6.45) is 2.05. The minimum absolute atomic E-state index is 0.0388. The number of carbonyl (C=O) groups excluding carboxylic acids is 1. The first-order valence-electron chi connectivity index (χ1n) is 10.9. The zero-order valence-corrected chi connectivity index (χ0v) is 18.9. The molecular weight excluding hydrogens is 434 g/mol. The zero-order chi connectivity index (χ0) is 22.8. The fourth-order valence-corrected chi connectivity index (χ4v) is 4.40. The summed E-state index contributed by atoms with van der Waals surface area (Å²) < 4.78 is 7.45. The maximum Gasteiger partial charge on any atom is 0.266 e. The van der Waals surface area contributed by atoms with Crippen LogP contribution in [0.15, 0.2) is 88.8 Å². The average Bonchev–Trinajstić information content (AvgIpc) is 3.65. The summed E-state index contributed by atoms with van der Waals surface area (Å²) in [6.45, 7) is 1.84. The van der Waals surface area contributed by atoms with Crippen LogP contribution >= 0.6 is 11.8 Å². The van der Waals surface area contributed by atoms with E-state index in [9.17, 15) is 9.59 Å². The first kappa shape index (κ1) is 21.3. The molecular formula is C26H23N3O3S. The maximum absolute atomic E-state index is 13.4. The Hall–Kier alpha value is -3.58. The van der Waals surface area contributed by atoms with Crippen molar-refractivity contribution in [3.63, 3.8) is 0 Å². The summed E-state index contributed by atoms with van der Waals surface area (Å²) in [7, 11) is 0. The van der Waals surface area contributed by atoms with Gasteiger partial charge in [-0.3, -0.25) is 14.2 Å². The fourth-order valence-electron chi connectivity index (χ4n) is 3.46. The first-order valence-corrected chi connectivity index (χ1v) is 11.8. The molecule has 0 aliphatic heterocycles. The third-order valence-electron chi connectivity index (χ3n) is 5.39. The smallest absolute Gasteiger partial charge is 0.266 e. The van der Waals surface area contributed by atoms with Gasteiger partial charge in [0.05, 0.1) is 21.8 Å². The molecule has 0 saturated heterocycles. The Labute approximate surface area is 195 Å². The predicted octanol–water partition coefficient (Wildman–Crippen LogP) is 4.94. The second kappa shape index (κ2) is 9.11. The van der Waals surface area contributed by atoms with E-state index in [0.29, 0.717) is 27.5 Å². The molecule has 1 atom stereocenters. The quantitative estimate of drug-likeness (QED) is 0.314. The summed E-state index contributed by atoms with van der Waals surface area (Å²) in [4.78, 5) is 30.7. The van der Waals surface area contributed by atoms with Crippen LogP contribution in [0.4, 0.5) is 0 Å². The average molecular weight is 458 g/mol. The number of para-hydroxylation sites is 2. The molecule has 166 valence electrons. The summed E-state index contributed by atoms with van der Waals surface area (Å²) in [5, 5.41) is 3.65. The van der Waals surface area contributed by atoms with Gasteiger partial charge in [0.1, 0.15) is 11.5 Å². The van der Waals surface area contributed by atoms with Crippen LogP contribution in [-0.2, 0) is 4.79 Å². The van der Waals surface area contributed by atoms with Crippen molar-refractivity contribution in [3.05, 3.63) is 89.2 Å². The van der Waals surface area contributed by atoms with Crippen molar-refractivity contribution in [1.29, 1.82) is 0 Å². The van der Waals surface area contributed by atoms with Crippen LogP contribution in [0.5, 0.6) is 11.5 Å². The van der Waals surface area contributed by atoms with E-state index in [2.05, 4.69) is 5.32 Å². The van der Waals surface area contributed by atoms with Crippen LogP contribution in [0.25, 0.3) is 16.6 Å². The molecule has 4 aromatic rings. The van der Waals surface area contributed by atoms with Gasteiger partial charge in [-0.15, -0.1) is 0 Å². The molecule has 1 saturated carbocycles. The molecule has 3 aromatic carbocycles. The lowest BCUT2D eigenvalue weighted by Crippen LogP contribution is -2.33. The van der Waals surface area contributed by atoms with E-state index in [4.69, 9.17) is 9.72 Å². The molecule has 1 heterocycles. The van der Waals surface area contributed by atoms with Crippen molar-refractivity contribution >= 4 is 28.6 Å². The van der Waals surface area contributed by atoms with E-state index in [0.717, 1.165) is 18.6 Å². The highest BCUT2D eigenvalue weighted by molar-refractivity contribution is 8.00. The van der Waals surface area contributed by atoms with Gasteiger partial charge in [-0.1, -0.05) is 42.1 Å². The van der Waals surface area contributed by atoms with Gasteiger partial charge >= 0.3 is 0 Å². The largest absolute Gasteiger partial charge is 0.457 e. The third kappa shape index (κ3) is 4.78. The lowest BCUT2D eigenvalue weighted by molar-refractivity contribution is -0.120. The molecule has 0 bridgehead atoms. The lowest BCUT2D eigenvalue weighted by atomic mass is 10.2. The summed E-state index contributed by atoms with van der Waals surface area (Å²) in [5.41, 5.74) is 1.10. The first-order chi connectivity index (χ1) is 16.1. The van der Waals surface area contributed by atoms with E-state index in [1.165, 1.54) is 11.8 Å². The van der Waals surface area contributed by atoms with Gasteiger partial charge in [-0.05, 0) is 68.3 Å². The minimum Gasteiger partial charge on any atom is -0.457 e. The molecule has 1 unspecified atom stereocenters. The molecule has 1 aromatic heterocycles. The molecule has 5 rings (SSSR count). The standard InChI is InChI=1S/C26H23N3O3S/c1-17(24(30)27-18-11-12-18)33-26-28-23-10-6-5-9-22(23)25(31)29(26)19-13-15-21(16-14-19)32-20-7-3-2-4-8-20/h2-10,13-18H,11-12H2,1H3,(H,27,30). The molecule has 0 spiro atoms. The van der Waals surface area contributed by atoms with Crippen molar-refractivity contribution in [2.75, 3.05) is 0 Å². The third-order valence-corrected chi connectivity index (χ3v) is 6.45. The van der Waals surface area contributed by atoms with Gasteiger partial charge in [0.2, 0.25) is 5.91 Å². The van der Waals surface area contributed by atoms with Gasteiger partial charge in [0, 0.05) is 6.04 Å². The molecule has 7 heteroatoms. The van der Waals surface area contributed by atoms with Crippen LogP contribution in [0, 0.1) is 0 Å². The van der Waals surface area contributed by atoms with Gasteiger partial charge in [-0.25, -0.2) is 4.98 Å². The number of amides is 1. The number of carbonyl (C=O) groups is 1. The van der Waals surface area contributed by atoms with E-state index < -0.39 is 0 Å². The number of rotatable bonds is 7. The van der Waals surface area contributed by atoms with Crippen molar-refractivity contribution < 1.29 is 9.53 Å². The molecule has 1 aliphatic carbocycles. The molecule has 6 nitrogen and oxygen atoms in total. The predicted molar refractivity (Wildman–Crippen MR) is 130 cm³/mol. The molecule has 33 heavy (non-hydrogen) atoms. The molecule has 1 fully saturated rings. The molecule has 0 radical (unpaired) electrons. The number of benzene rings is 3. The Bertz CT molecular complexity index is 1350. The van der Waals surface area contributed by atoms with Crippen LogP contribution < -0.4 is 15.6 Å². The van der Waals surface area contributed by atoms with Gasteiger partial charge in [0.15, 0.2) is 5.16 Å². The van der Waals surface area contributed by atoms with E-state index in [1.807, 2.05) is 79.7 Å². The maximum atomic E-state index is 13.4. The van der Waals surface area contributed by atoms with Crippen molar-refractivity contribution in [2.45, 2.75) is 36.2 Å². The number of ether oxygens (including phenoxy) is 1. The monoisotopic (exact) mass is 457 g/mol. The summed E-state index contributed by atoms with van der Waals surface area (Å²) >= 11 is 1.29. The van der Waals surface area contributed by atoms with Gasteiger partial charge in [0.25, 0.3) is 5.56 Å². The highest BCUT2D eigenvalue weighted by atomic mass is 32.2. The number of hydrogen-bond donors (Lipinski definition) is 1. The Morgan fingerprint density at radius 2 is 1.67 bits per heavy atom. The molecule has 1 amide bonds. The SMILES string of the molecule is CC(Sc1nc2ccccc2c(=O)n1-c1ccc(Oc2ccccc2)cc1)C(=O)NC1CC1. The molecule has 1 N–H and O–H groups in total. The number of nitrogens with zero attached hydrogens (tertiary/aromatic N) is 2. The summed E-state index contributed by atoms with van der Waals surface area (Å²) in [6, 6.07) is 24.4. The lowest BCUT2D eigenvalue weighted by Gasteiger charge is -2.16. The van der Waals surface area contributed by atoms with Crippen LogP contribution in [0.2, 0.25) is 0 Å². The topological polar surface area (TPSA) is 73.2 Å². The Morgan fingerprint density at radius 1 is 1.00 bits per heavy atom. The van der Waals surface area contributed by atoms with Crippen LogP contribution in [0.1, 0.15) is 19.8 Å². The van der Waals surface area contributed by atoms with Crippen molar-refractivity contribution in [1.82, 2.24) is 14.9 Å². The van der Waals surface area contributed by atoms with Gasteiger partial charge in [-0.2, -0.15) is 0 Å². The van der Waals surface area contributed by atoms with Crippen LogP contribution in [0.3, 0.4) is 0 Å². The van der Waals surface area contributed by atoms with Crippen molar-refractivity contribution in [2.24, 2.45) is 0 Å².